The third-order valence-corrected chi connectivity index (χ3v) is 5.66. The molecular formula is C25H24BN4. The van der Waals surface area contributed by atoms with Crippen LogP contribution in [0.5, 0.6) is 0 Å². The van der Waals surface area contributed by atoms with Crippen molar-refractivity contribution in [2.75, 3.05) is 0 Å². The molecule has 0 spiro atoms. The van der Waals surface area contributed by atoms with Gasteiger partial charge in [0.15, 0.2) is 0 Å². The van der Waals surface area contributed by atoms with Gasteiger partial charge in [0.2, 0.25) is 0 Å². The monoisotopic (exact) mass is 391 g/mol. The Morgan fingerprint density at radius 2 is 1.33 bits per heavy atom. The van der Waals surface area contributed by atoms with E-state index in [0.717, 1.165) is 64.0 Å². The molecule has 2 N–H and O–H groups in total. The topological polar surface area (TPSA) is 57.4 Å². The summed E-state index contributed by atoms with van der Waals surface area (Å²) in [6.45, 7) is 4.27. The van der Waals surface area contributed by atoms with Crippen LogP contribution in [0, 0.1) is 0 Å². The first-order valence-corrected chi connectivity index (χ1v) is 10.6. The van der Waals surface area contributed by atoms with Crippen molar-refractivity contribution in [1.29, 1.82) is 0 Å². The van der Waals surface area contributed by atoms with Gasteiger partial charge in [-0.25, -0.2) is 9.97 Å². The van der Waals surface area contributed by atoms with Crippen LogP contribution in [0.4, 0.5) is 0 Å². The molecule has 0 saturated heterocycles. The predicted molar refractivity (Wildman–Crippen MR) is 126 cm³/mol. The van der Waals surface area contributed by atoms with Crippen LogP contribution >= 0.6 is 0 Å². The minimum Gasteiger partial charge on any atom is -0.338 e. The van der Waals surface area contributed by atoms with Crippen LogP contribution in [0.1, 0.15) is 18.1 Å². The number of fused-ring (bicyclic) bond motifs is 2. The van der Waals surface area contributed by atoms with Gasteiger partial charge in [-0.2, -0.15) is 0 Å². The fourth-order valence-electron chi connectivity index (χ4n) is 3.85. The lowest BCUT2D eigenvalue weighted by molar-refractivity contribution is 1.13. The molecular weight excluding hydrogens is 367 g/mol. The largest absolute Gasteiger partial charge is 0.338 e. The van der Waals surface area contributed by atoms with E-state index in [1.165, 1.54) is 11.1 Å². The SMILES string of the molecule is C[B]CCc1ccc2nc(-c3ccc4nc(-c5ccc(CC)cc5)[nH]c4c3)[nH]c2c1. The summed E-state index contributed by atoms with van der Waals surface area (Å²) >= 11 is 0. The molecule has 5 heteroatoms. The van der Waals surface area contributed by atoms with E-state index >= 15 is 0 Å². The fourth-order valence-corrected chi connectivity index (χ4v) is 3.85. The zero-order valence-electron chi connectivity index (χ0n) is 17.4. The molecule has 147 valence electrons. The fraction of sp³-hybridized carbons (Fsp3) is 0.200. The van der Waals surface area contributed by atoms with Crippen LogP contribution in [0.2, 0.25) is 13.1 Å². The van der Waals surface area contributed by atoms with E-state index in [1.807, 2.05) is 0 Å². The number of aryl methyl sites for hydroxylation is 2. The summed E-state index contributed by atoms with van der Waals surface area (Å²) < 4.78 is 0. The highest BCUT2D eigenvalue weighted by molar-refractivity contribution is 6.33. The Bertz CT molecular complexity index is 1310. The highest BCUT2D eigenvalue weighted by Crippen LogP contribution is 2.27. The molecule has 0 bridgehead atoms. The van der Waals surface area contributed by atoms with E-state index in [0.29, 0.717) is 0 Å². The number of benzene rings is 3. The van der Waals surface area contributed by atoms with Crippen LogP contribution < -0.4 is 0 Å². The Morgan fingerprint density at radius 3 is 2.03 bits per heavy atom. The molecule has 0 atom stereocenters. The first-order valence-electron chi connectivity index (χ1n) is 10.6. The van der Waals surface area contributed by atoms with Gasteiger partial charge < -0.3 is 9.97 Å². The Hall–Kier alpha value is -3.34. The van der Waals surface area contributed by atoms with Crippen molar-refractivity contribution in [3.8, 4) is 22.8 Å². The zero-order valence-corrected chi connectivity index (χ0v) is 17.4. The van der Waals surface area contributed by atoms with E-state index in [9.17, 15) is 0 Å². The average Bonchev–Trinajstić information content (AvgIpc) is 3.41. The maximum absolute atomic E-state index is 4.80. The predicted octanol–water partition coefficient (Wildman–Crippen LogP) is 6.05. The van der Waals surface area contributed by atoms with Gasteiger partial charge in [-0.1, -0.05) is 50.4 Å². The third-order valence-electron chi connectivity index (χ3n) is 5.66. The first-order chi connectivity index (χ1) is 14.7. The summed E-state index contributed by atoms with van der Waals surface area (Å²) in [5.41, 5.74) is 8.88. The molecule has 0 fully saturated rings. The molecule has 0 unspecified atom stereocenters. The van der Waals surface area contributed by atoms with E-state index in [2.05, 4.69) is 91.7 Å². The van der Waals surface area contributed by atoms with Gasteiger partial charge in [0, 0.05) is 11.1 Å². The number of hydrogen-bond acceptors (Lipinski definition) is 2. The molecule has 0 amide bonds. The lowest BCUT2D eigenvalue weighted by Gasteiger charge is -1.99. The lowest BCUT2D eigenvalue weighted by atomic mass is 9.76. The van der Waals surface area contributed by atoms with Crippen molar-refractivity contribution < 1.29 is 0 Å². The second-order valence-corrected chi connectivity index (χ2v) is 7.75. The Labute approximate surface area is 177 Å². The highest BCUT2D eigenvalue weighted by atomic mass is 14.9. The summed E-state index contributed by atoms with van der Waals surface area (Å²) in [7, 11) is 2.20. The molecule has 2 heterocycles. The lowest BCUT2D eigenvalue weighted by Crippen LogP contribution is -1.88. The maximum atomic E-state index is 4.80. The van der Waals surface area contributed by atoms with Crippen LogP contribution in [0.15, 0.2) is 60.7 Å². The number of nitrogens with one attached hydrogen (secondary N) is 2. The number of imidazole rings is 2. The van der Waals surface area contributed by atoms with Gasteiger partial charge in [-0.15, -0.1) is 0 Å². The van der Waals surface area contributed by atoms with Crippen LogP contribution in [0.3, 0.4) is 0 Å². The molecule has 0 aliphatic carbocycles. The molecule has 3 aromatic carbocycles. The average molecular weight is 391 g/mol. The van der Waals surface area contributed by atoms with E-state index in [-0.39, 0.29) is 0 Å². The van der Waals surface area contributed by atoms with Crippen LogP contribution in [0.25, 0.3) is 44.8 Å². The molecule has 30 heavy (non-hydrogen) atoms. The van der Waals surface area contributed by atoms with Crippen LogP contribution in [-0.4, -0.2) is 27.2 Å². The van der Waals surface area contributed by atoms with E-state index in [1.54, 1.807) is 0 Å². The molecule has 5 rings (SSSR count). The second kappa shape index (κ2) is 7.83. The summed E-state index contributed by atoms with van der Waals surface area (Å²) in [6, 6.07) is 21.3. The number of nitrogens with zero attached hydrogens (tertiary/aromatic N) is 2. The van der Waals surface area contributed by atoms with Crippen molar-refractivity contribution in [2.24, 2.45) is 0 Å². The summed E-state index contributed by atoms with van der Waals surface area (Å²) in [5, 5.41) is 0. The van der Waals surface area contributed by atoms with Gasteiger partial charge in [0.1, 0.15) is 18.9 Å². The molecule has 5 aromatic rings. The van der Waals surface area contributed by atoms with Crippen molar-refractivity contribution in [3.05, 3.63) is 71.8 Å². The maximum Gasteiger partial charge on any atom is 0.138 e. The Kier molecular flexibility index (Phi) is 4.87. The summed E-state index contributed by atoms with van der Waals surface area (Å²) in [6.07, 6.45) is 3.19. The minimum absolute atomic E-state index is 0.884. The molecule has 0 aliphatic heterocycles. The molecule has 2 aromatic heterocycles. The Balaban J connectivity index is 1.48. The van der Waals surface area contributed by atoms with Gasteiger partial charge in [-0.05, 0) is 54.3 Å². The summed E-state index contributed by atoms with van der Waals surface area (Å²) in [4.78, 5) is 16.5. The molecule has 4 nitrogen and oxygen atoms in total. The van der Waals surface area contributed by atoms with E-state index in [4.69, 9.17) is 9.97 Å². The third kappa shape index (κ3) is 3.52. The number of H-pyrrole nitrogens is 2. The van der Waals surface area contributed by atoms with Crippen molar-refractivity contribution >= 4 is 29.3 Å². The van der Waals surface area contributed by atoms with Gasteiger partial charge in [-0.3, -0.25) is 0 Å². The zero-order chi connectivity index (χ0) is 20.5. The second-order valence-electron chi connectivity index (χ2n) is 7.75. The quantitative estimate of drug-likeness (QED) is 0.346. The molecule has 0 aliphatic rings. The van der Waals surface area contributed by atoms with Gasteiger partial charge in [0.05, 0.1) is 22.1 Å². The first kappa shape index (κ1) is 18.7. The highest BCUT2D eigenvalue weighted by Gasteiger charge is 2.10. The normalized spacial score (nSPS) is 11.4. The van der Waals surface area contributed by atoms with Gasteiger partial charge in [0.25, 0.3) is 0 Å². The number of aromatic amines is 2. The number of hydrogen-bond donors (Lipinski definition) is 2. The van der Waals surface area contributed by atoms with Crippen molar-refractivity contribution in [1.82, 2.24) is 19.9 Å². The smallest absolute Gasteiger partial charge is 0.138 e. The Morgan fingerprint density at radius 1 is 0.733 bits per heavy atom. The standard InChI is InChI=1S/C25H24BN4/c1-3-16-4-7-18(8-5-16)24-27-21-11-9-19(15-23(21)30-24)25-28-20-10-6-17(12-13-26-2)14-22(20)29-25/h4-11,14-15H,3,12-13H2,1-2H3,(H,27,30)(H,28,29). The van der Waals surface area contributed by atoms with Crippen molar-refractivity contribution in [3.63, 3.8) is 0 Å². The number of rotatable bonds is 6. The number of aromatic nitrogens is 4. The summed E-state index contributed by atoms with van der Waals surface area (Å²) in [5.74, 6) is 1.78. The van der Waals surface area contributed by atoms with Crippen LogP contribution in [-0.2, 0) is 12.8 Å². The van der Waals surface area contributed by atoms with Gasteiger partial charge >= 0.3 is 0 Å². The minimum atomic E-state index is 0.884. The molecule has 0 saturated carbocycles. The molecule has 1 radical (unpaired) electrons. The van der Waals surface area contributed by atoms with Crippen molar-refractivity contribution in [2.45, 2.75) is 32.9 Å². The van der Waals surface area contributed by atoms with E-state index < -0.39 is 0 Å².